The number of piperidine rings is 2. The molecule has 1 spiro atoms. The summed E-state index contributed by atoms with van der Waals surface area (Å²) in [5, 5.41) is 12.3. The van der Waals surface area contributed by atoms with Crippen LogP contribution in [0.2, 0.25) is 0 Å². The van der Waals surface area contributed by atoms with Gasteiger partial charge in [0.25, 0.3) is 11.8 Å². The lowest BCUT2D eigenvalue weighted by Crippen LogP contribution is -2.54. The normalized spacial score (nSPS) is 20.7. The van der Waals surface area contributed by atoms with Gasteiger partial charge in [0.05, 0.1) is 17.7 Å². The van der Waals surface area contributed by atoms with Gasteiger partial charge >= 0.3 is 0 Å². The van der Waals surface area contributed by atoms with E-state index in [9.17, 15) is 29.1 Å². The number of allylic oxidation sites excluding steroid dienone is 1. The van der Waals surface area contributed by atoms with Crippen LogP contribution in [0, 0.1) is 5.41 Å². The van der Waals surface area contributed by atoms with E-state index < -0.39 is 29.7 Å². The molecule has 4 aromatic rings. The number of imide groups is 2. The number of nitrogens with zero attached hydrogens (tertiary/aromatic N) is 4. The molecule has 5 amide bonds. The van der Waals surface area contributed by atoms with Crippen LogP contribution in [0.3, 0.4) is 0 Å². The Morgan fingerprint density at radius 1 is 0.776 bits per heavy atom. The van der Waals surface area contributed by atoms with E-state index in [1.54, 1.807) is 24.3 Å². The van der Waals surface area contributed by atoms with Gasteiger partial charge in [-0.05, 0) is 113 Å². The molecule has 11 nitrogen and oxygen atoms in total. The molecule has 5 aliphatic rings. The number of benzene rings is 4. The Morgan fingerprint density at radius 2 is 1.38 bits per heavy atom. The maximum absolute atomic E-state index is 13.6. The summed E-state index contributed by atoms with van der Waals surface area (Å²) in [6.45, 7) is 6.83. The van der Waals surface area contributed by atoms with Crippen LogP contribution in [0.1, 0.15) is 94.0 Å². The van der Waals surface area contributed by atoms with Crippen molar-refractivity contribution in [2.24, 2.45) is 5.41 Å². The molecule has 4 aromatic carbocycles. The number of aromatic hydroxyl groups is 1. The summed E-state index contributed by atoms with van der Waals surface area (Å²) < 4.78 is 0. The van der Waals surface area contributed by atoms with Crippen LogP contribution in [-0.2, 0) is 27.5 Å². The van der Waals surface area contributed by atoms with E-state index in [1.807, 2.05) is 23.1 Å². The van der Waals surface area contributed by atoms with E-state index in [-0.39, 0.29) is 47.6 Å². The summed E-state index contributed by atoms with van der Waals surface area (Å²) in [4.78, 5) is 71.9. The zero-order valence-electron chi connectivity index (χ0n) is 32.7. The minimum atomic E-state index is -0.995. The lowest BCUT2D eigenvalue weighted by Gasteiger charge is -2.40. The zero-order chi connectivity index (χ0) is 40.1. The van der Waals surface area contributed by atoms with Gasteiger partial charge in [0.15, 0.2) is 0 Å². The molecule has 296 valence electrons. The predicted molar refractivity (Wildman–Crippen MR) is 220 cm³/mol. The molecule has 0 aliphatic carbocycles. The van der Waals surface area contributed by atoms with Gasteiger partial charge in [-0.2, -0.15) is 0 Å². The zero-order valence-corrected chi connectivity index (χ0v) is 32.7. The van der Waals surface area contributed by atoms with Crippen molar-refractivity contribution in [2.75, 3.05) is 37.6 Å². The van der Waals surface area contributed by atoms with Crippen molar-refractivity contribution < 1.29 is 29.1 Å². The van der Waals surface area contributed by atoms with Crippen molar-refractivity contribution in [1.29, 1.82) is 0 Å². The summed E-state index contributed by atoms with van der Waals surface area (Å²) in [7, 11) is 0. The Bertz CT molecular complexity index is 2300. The lowest BCUT2D eigenvalue weighted by atomic mass is 9.77. The Hall–Kier alpha value is -6.07. The van der Waals surface area contributed by atoms with Gasteiger partial charge in [-0.25, -0.2) is 0 Å². The molecule has 0 bridgehead atoms. The number of nitrogens with one attached hydrogen (secondary N) is 1. The minimum Gasteiger partial charge on any atom is -0.508 e. The second-order valence-electron chi connectivity index (χ2n) is 16.5. The number of carbonyl (C=O) groups excluding carboxylic acids is 5. The number of rotatable bonds is 8. The highest BCUT2D eigenvalue weighted by Crippen LogP contribution is 2.43. The van der Waals surface area contributed by atoms with Gasteiger partial charge in [-0.1, -0.05) is 61.5 Å². The third-order valence-corrected chi connectivity index (χ3v) is 13.0. The van der Waals surface area contributed by atoms with Gasteiger partial charge in [0.1, 0.15) is 11.8 Å². The van der Waals surface area contributed by atoms with Gasteiger partial charge in [0.2, 0.25) is 17.7 Å². The first-order valence-electron chi connectivity index (χ1n) is 20.4. The molecular weight excluding hydrogens is 731 g/mol. The molecular formula is C47H47N5O6. The topological polar surface area (TPSA) is 131 Å². The summed E-state index contributed by atoms with van der Waals surface area (Å²) in [6, 6.07) is 29.3. The number of phenols is 1. The largest absolute Gasteiger partial charge is 0.508 e. The van der Waals surface area contributed by atoms with Gasteiger partial charge < -0.3 is 14.9 Å². The average molecular weight is 778 g/mol. The van der Waals surface area contributed by atoms with Crippen molar-refractivity contribution >= 4 is 46.4 Å². The van der Waals surface area contributed by atoms with Crippen molar-refractivity contribution in [3.8, 4) is 5.75 Å². The third-order valence-electron chi connectivity index (χ3n) is 13.0. The van der Waals surface area contributed by atoms with E-state index in [1.165, 1.54) is 22.4 Å². The van der Waals surface area contributed by atoms with E-state index in [2.05, 4.69) is 70.6 Å². The first-order chi connectivity index (χ1) is 28.1. The Balaban J connectivity index is 0.813. The predicted octanol–water partition coefficient (Wildman–Crippen LogP) is 6.00. The fraction of sp³-hybridized carbons (Fsp3) is 0.340. The molecule has 5 aliphatic heterocycles. The Labute approximate surface area is 337 Å². The van der Waals surface area contributed by atoms with Crippen LogP contribution in [0.5, 0.6) is 5.75 Å². The number of hydrogen-bond donors (Lipinski definition) is 2. The second kappa shape index (κ2) is 15.0. The van der Waals surface area contributed by atoms with Crippen LogP contribution in [0.4, 0.5) is 5.69 Å². The van der Waals surface area contributed by atoms with Crippen molar-refractivity contribution in [1.82, 2.24) is 20.0 Å². The van der Waals surface area contributed by atoms with Crippen molar-refractivity contribution in [2.45, 2.75) is 64.6 Å². The standard InChI is InChI=1S/C47H47N5O6/c1-2-37(30-6-4-3-5-7-30)43(32-10-14-36(53)15-11-32)31-8-12-35(13-9-31)51-23-20-47(29-51)18-21-50(22-19-47)42(55)28-49-26-33-24-38-39(25-34(33)27-49)46(58)52(45(38)57)40-16-17-41(54)48-44(40)56/h3-15,24-25,40,53H,2,16-23,26-29H2,1H3,(H,48,54,56)/b43-37+. The second-order valence-corrected chi connectivity index (χ2v) is 16.5. The first-order valence-corrected chi connectivity index (χ1v) is 20.4. The van der Waals surface area contributed by atoms with Crippen LogP contribution in [0.25, 0.3) is 11.1 Å². The smallest absolute Gasteiger partial charge is 0.262 e. The Kier molecular flexibility index (Phi) is 9.71. The molecule has 3 saturated heterocycles. The molecule has 9 rings (SSSR count). The molecule has 3 fully saturated rings. The molecule has 2 N–H and O–H groups in total. The summed E-state index contributed by atoms with van der Waals surface area (Å²) in [5.74, 6) is -1.72. The molecule has 0 radical (unpaired) electrons. The molecule has 11 heteroatoms. The fourth-order valence-corrected chi connectivity index (χ4v) is 9.78. The third kappa shape index (κ3) is 6.87. The number of carbonyl (C=O) groups is 5. The number of amides is 5. The highest BCUT2D eigenvalue weighted by atomic mass is 16.3. The Morgan fingerprint density at radius 3 is 1.98 bits per heavy atom. The molecule has 1 unspecified atom stereocenters. The maximum Gasteiger partial charge on any atom is 0.262 e. The number of likely N-dealkylation sites (tertiary alicyclic amines) is 1. The number of anilines is 1. The van der Waals surface area contributed by atoms with Gasteiger partial charge in [0, 0.05) is 51.4 Å². The quantitative estimate of drug-likeness (QED) is 0.165. The molecule has 0 aromatic heterocycles. The monoisotopic (exact) mass is 777 g/mol. The number of phenolic OH excluding ortho intramolecular Hbond substituents is 1. The van der Waals surface area contributed by atoms with Gasteiger partial charge in [-0.15, -0.1) is 0 Å². The van der Waals surface area contributed by atoms with Gasteiger partial charge in [-0.3, -0.25) is 39.1 Å². The molecule has 5 heterocycles. The van der Waals surface area contributed by atoms with E-state index in [0.29, 0.717) is 13.1 Å². The fourth-order valence-electron chi connectivity index (χ4n) is 9.78. The summed E-state index contributed by atoms with van der Waals surface area (Å²) >= 11 is 0. The van der Waals surface area contributed by atoms with Crippen LogP contribution >= 0.6 is 0 Å². The summed E-state index contributed by atoms with van der Waals surface area (Å²) in [5.41, 5.74) is 9.54. The van der Waals surface area contributed by atoms with E-state index in [0.717, 1.165) is 79.0 Å². The van der Waals surface area contributed by atoms with Crippen LogP contribution < -0.4 is 10.2 Å². The van der Waals surface area contributed by atoms with Crippen molar-refractivity contribution in [3.05, 3.63) is 130 Å². The number of hydrogen-bond acceptors (Lipinski definition) is 8. The van der Waals surface area contributed by atoms with E-state index in [4.69, 9.17) is 0 Å². The number of fused-ring (bicyclic) bond motifs is 2. The molecule has 1 atom stereocenters. The summed E-state index contributed by atoms with van der Waals surface area (Å²) in [6.07, 6.45) is 4.06. The highest BCUT2D eigenvalue weighted by Gasteiger charge is 2.46. The molecule has 58 heavy (non-hydrogen) atoms. The van der Waals surface area contributed by atoms with Crippen LogP contribution in [-0.4, -0.2) is 88.1 Å². The maximum atomic E-state index is 13.6. The highest BCUT2D eigenvalue weighted by molar-refractivity contribution is 6.23. The average Bonchev–Trinajstić information content (AvgIpc) is 3.90. The van der Waals surface area contributed by atoms with Crippen LogP contribution in [0.15, 0.2) is 91.0 Å². The minimum absolute atomic E-state index is 0.0770. The molecule has 0 saturated carbocycles. The lowest BCUT2D eigenvalue weighted by molar-refractivity contribution is -0.136. The SMILES string of the molecule is CC/C(=C(\c1ccc(O)cc1)c1ccc(N2CCC3(CCN(C(=O)CN4Cc5cc6c(cc5C4)C(=O)N(C4CCC(=O)NC4=O)C6=O)CC3)C2)cc1)c1ccccc1. The first kappa shape index (κ1) is 37.5. The van der Waals surface area contributed by atoms with E-state index >= 15 is 0 Å². The van der Waals surface area contributed by atoms with Crippen molar-refractivity contribution in [3.63, 3.8) is 0 Å².